The fraction of sp³-hybridized carbons (Fsp3) is 0.136. The molecule has 0 spiro atoms. The van der Waals surface area contributed by atoms with Gasteiger partial charge < -0.3 is 9.30 Å². The summed E-state index contributed by atoms with van der Waals surface area (Å²) in [5.74, 6) is -1.15. The summed E-state index contributed by atoms with van der Waals surface area (Å²) in [6.07, 6.45) is 3.62. The van der Waals surface area contributed by atoms with Gasteiger partial charge in [-0.1, -0.05) is 48.0 Å². The van der Waals surface area contributed by atoms with Crippen LogP contribution in [0.15, 0.2) is 59.6 Å². The van der Waals surface area contributed by atoms with Gasteiger partial charge >= 0.3 is 5.97 Å². The van der Waals surface area contributed by atoms with E-state index in [0.717, 1.165) is 38.7 Å². The topological polar surface area (TPSA) is 68.6 Å². The number of aromatic nitrogens is 1. The van der Waals surface area contributed by atoms with Gasteiger partial charge in [0.1, 0.15) is 6.54 Å². The third-order valence-electron chi connectivity index (χ3n) is 4.79. The van der Waals surface area contributed by atoms with Gasteiger partial charge in [0, 0.05) is 34.2 Å². The zero-order valence-electron chi connectivity index (χ0n) is 16.0. The number of imide groups is 1. The summed E-state index contributed by atoms with van der Waals surface area (Å²) in [6, 6.07) is 15.5. The van der Waals surface area contributed by atoms with Gasteiger partial charge in [-0.3, -0.25) is 19.3 Å². The van der Waals surface area contributed by atoms with Gasteiger partial charge in [-0.05, 0) is 35.5 Å². The third-order valence-corrected chi connectivity index (χ3v) is 6.07. The molecule has 0 saturated carbocycles. The molecule has 1 aliphatic rings. The molecular weight excluding hydrogens is 424 g/mol. The Morgan fingerprint density at radius 3 is 2.63 bits per heavy atom. The minimum Gasteiger partial charge on any atom is -0.468 e. The van der Waals surface area contributed by atoms with Gasteiger partial charge in [-0.25, -0.2) is 0 Å². The number of halogens is 1. The second kappa shape index (κ2) is 8.38. The molecule has 0 bridgehead atoms. The van der Waals surface area contributed by atoms with Crippen LogP contribution in [0, 0.1) is 0 Å². The second-order valence-electron chi connectivity index (χ2n) is 6.66. The van der Waals surface area contributed by atoms with Crippen molar-refractivity contribution in [1.29, 1.82) is 0 Å². The van der Waals surface area contributed by atoms with E-state index >= 15 is 0 Å². The van der Waals surface area contributed by atoms with Crippen molar-refractivity contribution in [3.8, 4) is 0 Å². The average Bonchev–Trinajstić information content (AvgIpc) is 3.22. The number of esters is 1. The first-order valence-electron chi connectivity index (χ1n) is 9.11. The molecule has 0 atom stereocenters. The number of methoxy groups -OCH3 is 1. The molecule has 30 heavy (non-hydrogen) atoms. The Labute approximate surface area is 182 Å². The molecule has 0 radical (unpaired) electrons. The summed E-state index contributed by atoms with van der Waals surface area (Å²) >= 11 is 7.13. The second-order valence-corrected chi connectivity index (χ2v) is 8.07. The van der Waals surface area contributed by atoms with Crippen molar-refractivity contribution in [1.82, 2.24) is 9.47 Å². The fourth-order valence-corrected chi connectivity index (χ4v) is 4.33. The van der Waals surface area contributed by atoms with E-state index in [9.17, 15) is 14.4 Å². The van der Waals surface area contributed by atoms with Crippen LogP contribution in [0.2, 0.25) is 5.02 Å². The van der Waals surface area contributed by atoms with Gasteiger partial charge in [0.05, 0.1) is 12.0 Å². The summed E-state index contributed by atoms with van der Waals surface area (Å²) in [7, 11) is 1.21. The minimum absolute atomic E-state index is 0.268. The van der Waals surface area contributed by atoms with E-state index in [4.69, 9.17) is 11.6 Å². The number of amides is 2. The molecular formula is C22H17ClN2O4S. The lowest BCUT2D eigenvalue weighted by atomic mass is 10.1. The highest BCUT2D eigenvalue weighted by molar-refractivity contribution is 8.18. The van der Waals surface area contributed by atoms with E-state index < -0.39 is 23.7 Å². The highest BCUT2D eigenvalue weighted by Gasteiger charge is 2.36. The Hall–Kier alpha value is -3.03. The molecule has 8 heteroatoms. The van der Waals surface area contributed by atoms with E-state index in [1.54, 1.807) is 6.08 Å². The molecule has 1 saturated heterocycles. The highest BCUT2D eigenvalue weighted by atomic mass is 35.5. The predicted octanol–water partition coefficient (Wildman–Crippen LogP) is 4.55. The van der Waals surface area contributed by atoms with Crippen LogP contribution in [0.5, 0.6) is 0 Å². The molecule has 152 valence electrons. The van der Waals surface area contributed by atoms with Crippen LogP contribution in [0.1, 0.15) is 11.1 Å². The Kier molecular flexibility index (Phi) is 5.65. The molecule has 2 heterocycles. The SMILES string of the molecule is COC(=O)CN1C(=O)SC(=Cc2cn(Cc3ccccc3Cl)c3ccccc23)C1=O. The molecule has 1 aromatic heterocycles. The Bertz CT molecular complexity index is 1200. The Morgan fingerprint density at radius 1 is 1.13 bits per heavy atom. The number of carbonyl (C=O) groups excluding carboxylic acids is 3. The standard InChI is InChI=1S/C22H17ClN2O4S/c1-29-20(26)13-25-21(27)19(30-22(25)28)10-15-12-24(18-9-5-3-7-16(15)18)11-14-6-2-4-8-17(14)23/h2-10,12H,11,13H2,1H3. The number of carbonyl (C=O) groups is 3. The molecule has 0 N–H and O–H groups in total. The third kappa shape index (κ3) is 3.86. The van der Waals surface area contributed by atoms with Crippen molar-refractivity contribution in [3.05, 3.63) is 75.8 Å². The Balaban J connectivity index is 1.70. The highest BCUT2D eigenvalue weighted by Crippen LogP contribution is 2.34. The average molecular weight is 441 g/mol. The van der Waals surface area contributed by atoms with Crippen molar-refractivity contribution in [3.63, 3.8) is 0 Å². The number of rotatable bonds is 5. The molecule has 4 rings (SSSR count). The van der Waals surface area contributed by atoms with Crippen LogP contribution in [0.3, 0.4) is 0 Å². The van der Waals surface area contributed by atoms with Crippen LogP contribution in [-0.4, -0.2) is 40.2 Å². The van der Waals surface area contributed by atoms with Crippen molar-refractivity contribution in [2.45, 2.75) is 6.54 Å². The molecule has 1 fully saturated rings. The normalized spacial score (nSPS) is 15.4. The van der Waals surface area contributed by atoms with Crippen LogP contribution in [0.4, 0.5) is 4.79 Å². The lowest BCUT2D eigenvalue weighted by molar-refractivity contribution is -0.143. The van der Waals surface area contributed by atoms with E-state index in [2.05, 4.69) is 9.30 Å². The van der Waals surface area contributed by atoms with Crippen LogP contribution >= 0.6 is 23.4 Å². The molecule has 0 unspecified atom stereocenters. The number of para-hydroxylation sites is 1. The van der Waals surface area contributed by atoms with E-state index in [1.807, 2.05) is 54.7 Å². The number of fused-ring (bicyclic) bond motifs is 1. The molecule has 1 aliphatic heterocycles. The van der Waals surface area contributed by atoms with Crippen LogP contribution in [0.25, 0.3) is 17.0 Å². The van der Waals surface area contributed by atoms with E-state index in [0.29, 0.717) is 11.6 Å². The van der Waals surface area contributed by atoms with Gasteiger partial charge in [0.2, 0.25) is 0 Å². The zero-order chi connectivity index (χ0) is 21.3. The Morgan fingerprint density at radius 2 is 1.87 bits per heavy atom. The molecule has 0 aliphatic carbocycles. The summed E-state index contributed by atoms with van der Waals surface area (Å²) < 4.78 is 6.62. The van der Waals surface area contributed by atoms with Gasteiger partial charge in [0.15, 0.2) is 0 Å². The number of nitrogens with zero attached hydrogens (tertiary/aromatic N) is 2. The monoisotopic (exact) mass is 440 g/mol. The first kappa shape index (κ1) is 20.3. The zero-order valence-corrected chi connectivity index (χ0v) is 17.6. The maximum absolute atomic E-state index is 12.6. The van der Waals surface area contributed by atoms with Crippen molar-refractivity contribution in [2.75, 3.05) is 13.7 Å². The summed E-state index contributed by atoms with van der Waals surface area (Å²) in [4.78, 5) is 37.5. The van der Waals surface area contributed by atoms with E-state index in [-0.39, 0.29) is 4.91 Å². The van der Waals surface area contributed by atoms with E-state index in [1.165, 1.54) is 7.11 Å². The van der Waals surface area contributed by atoms with Crippen molar-refractivity contribution in [2.24, 2.45) is 0 Å². The number of hydrogen-bond donors (Lipinski definition) is 0. The van der Waals surface area contributed by atoms with Crippen molar-refractivity contribution < 1.29 is 19.1 Å². The predicted molar refractivity (Wildman–Crippen MR) is 117 cm³/mol. The number of benzene rings is 2. The molecule has 6 nitrogen and oxygen atoms in total. The van der Waals surface area contributed by atoms with Crippen molar-refractivity contribution >= 4 is 57.5 Å². The van der Waals surface area contributed by atoms with Gasteiger partial charge in [-0.2, -0.15) is 0 Å². The first-order chi connectivity index (χ1) is 14.5. The van der Waals surface area contributed by atoms with Crippen LogP contribution < -0.4 is 0 Å². The molecule has 3 aromatic rings. The first-order valence-corrected chi connectivity index (χ1v) is 10.3. The largest absolute Gasteiger partial charge is 0.468 e. The summed E-state index contributed by atoms with van der Waals surface area (Å²) in [5.41, 5.74) is 2.77. The number of thioether (sulfide) groups is 1. The molecule has 2 amide bonds. The molecule has 2 aromatic carbocycles. The minimum atomic E-state index is -0.644. The summed E-state index contributed by atoms with van der Waals surface area (Å²) in [6.45, 7) is 0.171. The lowest BCUT2D eigenvalue weighted by Crippen LogP contribution is -2.34. The quantitative estimate of drug-likeness (QED) is 0.430. The van der Waals surface area contributed by atoms with Gasteiger partial charge in [-0.15, -0.1) is 0 Å². The smallest absolute Gasteiger partial charge is 0.325 e. The maximum Gasteiger partial charge on any atom is 0.325 e. The van der Waals surface area contributed by atoms with Gasteiger partial charge in [0.25, 0.3) is 11.1 Å². The fourth-order valence-electron chi connectivity index (χ4n) is 3.30. The van der Waals surface area contributed by atoms with Crippen LogP contribution in [-0.2, 0) is 20.9 Å². The lowest BCUT2D eigenvalue weighted by Gasteiger charge is -2.09. The number of ether oxygens (including phenoxy) is 1. The summed E-state index contributed by atoms with van der Waals surface area (Å²) in [5, 5.41) is 1.14. The number of hydrogen-bond acceptors (Lipinski definition) is 5. The maximum atomic E-state index is 12.6.